The molecule has 0 amide bonds. The molecule has 0 saturated heterocycles. The van der Waals surface area contributed by atoms with Gasteiger partial charge in [-0.1, -0.05) is 25.0 Å². The van der Waals surface area contributed by atoms with Crippen LogP contribution in [0.1, 0.15) is 62.5 Å². The molecule has 0 unspecified atom stereocenters. The second-order valence-corrected chi connectivity index (χ2v) is 6.74. The number of hydrogen-bond acceptors (Lipinski definition) is 6. The molecule has 6 nitrogen and oxygen atoms in total. The number of rotatable bonds is 15. The fraction of sp³-hybridized carbons (Fsp3) is 0.636. The fourth-order valence-electron chi connectivity index (χ4n) is 3.03. The number of benzene rings is 1. The summed E-state index contributed by atoms with van der Waals surface area (Å²) in [6.07, 6.45) is 7.64. The van der Waals surface area contributed by atoms with Crippen molar-refractivity contribution in [2.75, 3.05) is 27.4 Å². The standard InChI is InChI=1S/C22H34O6/c1-26-21(24)13-6-8-17-28-20-12-9-11-18(10-5-3-4-7-16-23)19(20)14-15-22(25)27-2/h9,11-12,23H,3-8,10,13-17H2,1-2H3. The zero-order chi connectivity index (χ0) is 20.6. The summed E-state index contributed by atoms with van der Waals surface area (Å²) in [6.45, 7) is 0.756. The minimum absolute atomic E-state index is 0.207. The summed E-state index contributed by atoms with van der Waals surface area (Å²) in [5, 5.41) is 8.89. The monoisotopic (exact) mass is 394 g/mol. The molecular weight excluding hydrogens is 360 g/mol. The summed E-state index contributed by atoms with van der Waals surface area (Å²) in [6, 6.07) is 6.00. The van der Waals surface area contributed by atoms with Gasteiger partial charge in [-0.25, -0.2) is 0 Å². The van der Waals surface area contributed by atoms with Crippen molar-refractivity contribution in [1.29, 1.82) is 0 Å². The largest absolute Gasteiger partial charge is 0.493 e. The number of aliphatic hydroxyl groups excluding tert-OH is 1. The van der Waals surface area contributed by atoms with E-state index in [0.717, 1.165) is 49.8 Å². The van der Waals surface area contributed by atoms with Gasteiger partial charge >= 0.3 is 11.9 Å². The molecule has 0 aromatic heterocycles. The van der Waals surface area contributed by atoms with E-state index in [4.69, 9.17) is 14.6 Å². The van der Waals surface area contributed by atoms with Crippen LogP contribution in [0.4, 0.5) is 0 Å². The first-order chi connectivity index (χ1) is 13.6. The lowest BCUT2D eigenvalue weighted by atomic mass is 9.97. The second kappa shape index (κ2) is 14.9. The number of ether oxygens (including phenoxy) is 3. The van der Waals surface area contributed by atoms with Gasteiger partial charge in [-0.2, -0.15) is 0 Å². The average Bonchev–Trinajstić information content (AvgIpc) is 2.72. The maximum Gasteiger partial charge on any atom is 0.305 e. The van der Waals surface area contributed by atoms with E-state index in [1.165, 1.54) is 19.8 Å². The van der Waals surface area contributed by atoms with Crippen LogP contribution in [-0.4, -0.2) is 44.5 Å². The molecule has 28 heavy (non-hydrogen) atoms. The van der Waals surface area contributed by atoms with Crippen molar-refractivity contribution in [2.45, 2.75) is 64.2 Å². The Morgan fingerprint density at radius 1 is 0.857 bits per heavy atom. The van der Waals surface area contributed by atoms with Gasteiger partial charge in [-0.05, 0) is 55.7 Å². The van der Waals surface area contributed by atoms with Crippen molar-refractivity contribution in [2.24, 2.45) is 0 Å². The first kappa shape index (κ1) is 24.0. The molecule has 0 aliphatic carbocycles. The van der Waals surface area contributed by atoms with Crippen LogP contribution in [0, 0.1) is 0 Å². The molecule has 1 N–H and O–H groups in total. The Labute approximate surface area is 168 Å². The molecule has 0 atom stereocenters. The lowest BCUT2D eigenvalue weighted by Gasteiger charge is -2.16. The van der Waals surface area contributed by atoms with Crippen LogP contribution < -0.4 is 4.74 Å². The molecule has 0 aliphatic rings. The molecule has 0 aliphatic heterocycles. The number of unbranched alkanes of at least 4 members (excludes halogenated alkanes) is 4. The van der Waals surface area contributed by atoms with Crippen molar-refractivity contribution in [3.05, 3.63) is 29.3 Å². The van der Waals surface area contributed by atoms with E-state index in [1.54, 1.807) is 0 Å². The zero-order valence-electron chi connectivity index (χ0n) is 17.2. The van der Waals surface area contributed by atoms with Gasteiger partial charge in [0.2, 0.25) is 0 Å². The van der Waals surface area contributed by atoms with Crippen LogP contribution in [0.5, 0.6) is 5.75 Å². The van der Waals surface area contributed by atoms with E-state index >= 15 is 0 Å². The van der Waals surface area contributed by atoms with Gasteiger partial charge in [0, 0.05) is 19.4 Å². The molecule has 1 aromatic carbocycles. The molecule has 0 saturated carbocycles. The lowest BCUT2D eigenvalue weighted by molar-refractivity contribution is -0.141. The number of carbonyl (C=O) groups is 2. The van der Waals surface area contributed by atoms with E-state index in [-0.39, 0.29) is 18.5 Å². The van der Waals surface area contributed by atoms with Gasteiger partial charge in [0.05, 0.1) is 20.8 Å². The summed E-state index contributed by atoms with van der Waals surface area (Å²) in [5.74, 6) is 0.360. The molecule has 0 radical (unpaired) electrons. The first-order valence-electron chi connectivity index (χ1n) is 10.1. The predicted octanol–water partition coefficient (Wildman–Crippen LogP) is 3.61. The highest BCUT2D eigenvalue weighted by Crippen LogP contribution is 2.26. The summed E-state index contributed by atoms with van der Waals surface area (Å²) in [5.41, 5.74) is 2.25. The first-order valence-corrected chi connectivity index (χ1v) is 10.1. The third-order valence-corrected chi connectivity index (χ3v) is 4.65. The second-order valence-electron chi connectivity index (χ2n) is 6.74. The molecule has 6 heteroatoms. The van der Waals surface area contributed by atoms with Crippen LogP contribution in [0.25, 0.3) is 0 Å². The van der Waals surface area contributed by atoms with Gasteiger partial charge in [-0.3, -0.25) is 9.59 Å². The normalized spacial score (nSPS) is 10.5. The number of aryl methyl sites for hydroxylation is 1. The maximum atomic E-state index is 11.6. The molecule has 158 valence electrons. The molecule has 0 bridgehead atoms. The van der Waals surface area contributed by atoms with Crippen molar-refractivity contribution >= 4 is 11.9 Å². The summed E-state index contributed by atoms with van der Waals surface area (Å²) in [4.78, 5) is 22.8. The number of carbonyl (C=O) groups excluding carboxylic acids is 2. The van der Waals surface area contributed by atoms with Crippen LogP contribution in [-0.2, 0) is 31.9 Å². The third kappa shape index (κ3) is 9.74. The fourth-order valence-corrected chi connectivity index (χ4v) is 3.03. The maximum absolute atomic E-state index is 11.6. The lowest BCUT2D eigenvalue weighted by Crippen LogP contribution is -2.08. The quantitative estimate of drug-likeness (QED) is 0.361. The number of methoxy groups -OCH3 is 2. The zero-order valence-corrected chi connectivity index (χ0v) is 17.2. The molecule has 1 aromatic rings. The predicted molar refractivity (Wildman–Crippen MR) is 107 cm³/mol. The van der Waals surface area contributed by atoms with Crippen LogP contribution in [0.2, 0.25) is 0 Å². The molecular formula is C22H34O6. The Balaban J connectivity index is 2.67. The van der Waals surface area contributed by atoms with Gasteiger partial charge in [0.15, 0.2) is 0 Å². The van der Waals surface area contributed by atoms with Gasteiger partial charge < -0.3 is 19.3 Å². The average molecular weight is 395 g/mol. The Morgan fingerprint density at radius 3 is 2.29 bits per heavy atom. The van der Waals surface area contributed by atoms with Gasteiger partial charge in [0.1, 0.15) is 5.75 Å². The van der Waals surface area contributed by atoms with Crippen molar-refractivity contribution in [3.63, 3.8) is 0 Å². The number of hydrogen-bond donors (Lipinski definition) is 1. The highest BCUT2D eigenvalue weighted by atomic mass is 16.5. The van der Waals surface area contributed by atoms with E-state index in [2.05, 4.69) is 10.8 Å². The highest BCUT2D eigenvalue weighted by Gasteiger charge is 2.12. The number of aliphatic hydroxyl groups is 1. The molecule has 0 spiro atoms. The topological polar surface area (TPSA) is 82.1 Å². The van der Waals surface area contributed by atoms with Crippen molar-refractivity contribution in [1.82, 2.24) is 0 Å². The minimum atomic E-state index is -0.234. The van der Waals surface area contributed by atoms with E-state index in [1.807, 2.05) is 12.1 Å². The highest BCUT2D eigenvalue weighted by molar-refractivity contribution is 5.70. The molecule has 0 fully saturated rings. The third-order valence-electron chi connectivity index (χ3n) is 4.65. The summed E-state index contributed by atoms with van der Waals surface area (Å²) >= 11 is 0. The SMILES string of the molecule is COC(=O)CCCCOc1cccc(CCCCCCO)c1CCC(=O)OC. The molecule has 1 rings (SSSR count). The van der Waals surface area contributed by atoms with E-state index in [9.17, 15) is 9.59 Å². The Kier molecular flexibility index (Phi) is 12.8. The van der Waals surface area contributed by atoms with E-state index < -0.39 is 0 Å². The van der Waals surface area contributed by atoms with Crippen LogP contribution >= 0.6 is 0 Å². The smallest absolute Gasteiger partial charge is 0.305 e. The summed E-state index contributed by atoms with van der Waals surface area (Å²) in [7, 11) is 2.79. The van der Waals surface area contributed by atoms with Gasteiger partial charge in [-0.15, -0.1) is 0 Å². The molecule has 0 heterocycles. The van der Waals surface area contributed by atoms with Crippen molar-refractivity contribution in [3.8, 4) is 5.75 Å². The van der Waals surface area contributed by atoms with Crippen LogP contribution in [0.15, 0.2) is 18.2 Å². The summed E-state index contributed by atoms with van der Waals surface area (Å²) < 4.78 is 15.4. The Bertz CT molecular complexity index is 584. The van der Waals surface area contributed by atoms with Crippen molar-refractivity contribution < 1.29 is 28.9 Å². The van der Waals surface area contributed by atoms with E-state index in [0.29, 0.717) is 32.3 Å². The van der Waals surface area contributed by atoms with Gasteiger partial charge in [0.25, 0.3) is 0 Å². The number of esters is 2. The Morgan fingerprint density at radius 2 is 1.57 bits per heavy atom. The minimum Gasteiger partial charge on any atom is -0.493 e. The van der Waals surface area contributed by atoms with Crippen LogP contribution in [0.3, 0.4) is 0 Å². The Hall–Kier alpha value is -2.08.